The van der Waals surface area contributed by atoms with Crippen LogP contribution in [0.1, 0.15) is 46.0 Å². The first kappa shape index (κ1) is 13.3. The molecule has 1 aliphatic heterocycles. The summed E-state index contributed by atoms with van der Waals surface area (Å²) in [7, 11) is 0. The summed E-state index contributed by atoms with van der Waals surface area (Å²) < 4.78 is 11.5. The van der Waals surface area contributed by atoms with Crippen LogP contribution in [0.25, 0.3) is 0 Å². The molecule has 0 radical (unpaired) electrons. The zero-order valence-corrected chi connectivity index (χ0v) is 11.3. The number of hydrogen-bond acceptors (Lipinski definition) is 3. The third-order valence-corrected chi connectivity index (χ3v) is 3.89. The lowest BCUT2D eigenvalue weighted by Gasteiger charge is -2.47. The largest absolute Gasteiger partial charge is 0.380 e. The van der Waals surface area contributed by atoms with Gasteiger partial charge in [-0.2, -0.15) is 0 Å². The molecule has 1 aliphatic carbocycles. The lowest BCUT2D eigenvalue weighted by molar-refractivity contribution is -0.135. The van der Waals surface area contributed by atoms with E-state index >= 15 is 0 Å². The Hall–Kier alpha value is -0.120. The summed E-state index contributed by atoms with van der Waals surface area (Å²) in [6.07, 6.45) is 6.26. The van der Waals surface area contributed by atoms with Gasteiger partial charge in [0.2, 0.25) is 0 Å². The standard InChI is InChI=1S/C14H27NO2/c1-12(2)11-16-9-7-15-13-4-8-17-14(10-13)5-3-6-14/h12-13,15H,3-11H2,1-2H3. The van der Waals surface area contributed by atoms with Crippen LogP contribution in [-0.4, -0.2) is 38.0 Å². The van der Waals surface area contributed by atoms with Crippen molar-refractivity contribution in [2.75, 3.05) is 26.4 Å². The molecule has 0 aromatic rings. The van der Waals surface area contributed by atoms with Crippen molar-refractivity contribution in [2.24, 2.45) is 5.92 Å². The van der Waals surface area contributed by atoms with Gasteiger partial charge in [0, 0.05) is 25.8 Å². The van der Waals surface area contributed by atoms with E-state index in [1.165, 1.54) is 25.7 Å². The first-order chi connectivity index (χ1) is 8.20. The molecule has 1 N–H and O–H groups in total. The van der Waals surface area contributed by atoms with E-state index in [-0.39, 0.29) is 5.60 Å². The average molecular weight is 241 g/mol. The Morgan fingerprint density at radius 3 is 2.88 bits per heavy atom. The molecule has 1 saturated heterocycles. The molecular weight excluding hydrogens is 214 g/mol. The monoisotopic (exact) mass is 241 g/mol. The van der Waals surface area contributed by atoms with Crippen LogP contribution in [0.3, 0.4) is 0 Å². The molecule has 3 heteroatoms. The minimum absolute atomic E-state index is 0.259. The molecule has 1 saturated carbocycles. The summed E-state index contributed by atoms with van der Waals surface area (Å²) in [5.41, 5.74) is 0.259. The Kier molecular flexibility index (Phi) is 4.83. The van der Waals surface area contributed by atoms with Crippen molar-refractivity contribution in [3.05, 3.63) is 0 Å². The van der Waals surface area contributed by atoms with Gasteiger partial charge in [-0.25, -0.2) is 0 Å². The number of hydrogen-bond donors (Lipinski definition) is 1. The van der Waals surface area contributed by atoms with E-state index in [1.54, 1.807) is 0 Å². The number of rotatable bonds is 6. The Morgan fingerprint density at radius 2 is 2.24 bits per heavy atom. The van der Waals surface area contributed by atoms with Gasteiger partial charge in [-0.05, 0) is 38.0 Å². The molecule has 0 amide bonds. The third-order valence-electron chi connectivity index (χ3n) is 3.89. The molecular formula is C14H27NO2. The molecule has 1 atom stereocenters. The highest BCUT2D eigenvalue weighted by atomic mass is 16.5. The van der Waals surface area contributed by atoms with Gasteiger partial charge in [-0.1, -0.05) is 13.8 Å². The molecule has 1 heterocycles. The van der Waals surface area contributed by atoms with E-state index in [4.69, 9.17) is 9.47 Å². The van der Waals surface area contributed by atoms with Crippen LogP contribution in [0.15, 0.2) is 0 Å². The Balaban J connectivity index is 1.56. The lowest BCUT2D eigenvalue weighted by Crippen LogP contribution is -2.51. The highest BCUT2D eigenvalue weighted by Gasteiger charge is 2.42. The quantitative estimate of drug-likeness (QED) is 0.724. The SMILES string of the molecule is CC(C)COCCNC1CCOC2(CCC2)C1. The Bertz CT molecular complexity index is 226. The zero-order valence-electron chi connectivity index (χ0n) is 11.3. The fourth-order valence-electron chi connectivity index (χ4n) is 2.78. The normalized spacial score (nSPS) is 27.4. The molecule has 17 heavy (non-hydrogen) atoms. The minimum atomic E-state index is 0.259. The van der Waals surface area contributed by atoms with Crippen LogP contribution in [-0.2, 0) is 9.47 Å². The molecule has 3 nitrogen and oxygen atoms in total. The second kappa shape index (κ2) is 6.17. The Morgan fingerprint density at radius 1 is 1.41 bits per heavy atom. The van der Waals surface area contributed by atoms with Gasteiger partial charge in [0.25, 0.3) is 0 Å². The van der Waals surface area contributed by atoms with Crippen molar-refractivity contribution < 1.29 is 9.47 Å². The van der Waals surface area contributed by atoms with Crippen molar-refractivity contribution in [1.82, 2.24) is 5.32 Å². The predicted octanol–water partition coefficient (Wildman–Crippen LogP) is 2.35. The number of ether oxygens (including phenoxy) is 2. The van der Waals surface area contributed by atoms with Crippen LogP contribution < -0.4 is 5.32 Å². The van der Waals surface area contributed by atoms with E-state index < -0.39 is 0 Å². The summed E-state index contributed by atoms with van der Waals surface area (Å²) in [5.74, 6) is 0.635. The molecule has 2 rings (SSSR count). The average Bonchev–Trinajstić information content (AvgIpc) is 2.26. The predicted molar refractivity (Wildman–Crippen MR) is 69.2 cm³/mol. The van der Waals surface area contributed by atoms with Crippen LogP contribution in [0.5, 0.6) is 0 Å². The molecule has 0 bridgehead atoms. The molecule has 0 aromatic heterocycles. The van der Waals surface area contributed by atoms with E-state index in [1.807, 2.05) is 0 Å². The van der Waals surface area contributed by atoms with Gasteiger partial charge in [-0.3, -0.25) is 0 Å². The van der Waals surface area contributed by atoms with Gasteiger partial charge in [0.1, 0.15) is 0 Å². The fraction of sp³-hybridized carbons (Fsp3) is 1.00. The second-order valence-corrected chi connectivity index (χ2v) is 6.00. The lowest BCUT2D eigenvalue weighted by atomic mass is 9.74. The molecule has 1 unspecified atom stereocenters. The summed E-state index contributed by atoms with van der Waals surface area (Å²) in [5, 5.41) is 3.61. The number of nitrogens with one attached hydrogen (secondary N) is 1. The van der Waals surface area contributed by atoms with E-state index in [9.17, 15) is 0 Å². The van der Waals surface area contributed by atoms with E-state index in [0.29, 0.717) is 12.0 Å². The van der Waals surface area contributed by atoms with Crippen molar-refractivity contribution in [2.45, 2.75) is 57.6 Å². The fourth-order valence-corrected chi connectivity index (χ4v) is 2.78. The first-order valence-electron chi connectivity index (χ1n) is 7.15. The van der Waals surface area contributed by atoms with Crippen LogP contribution >= 0.6 is 0 Å². The van der Waals surface area contributed by atoms with Gasteiger partial charge in [0.15, 0.2) is 0 Å². The summed E-state index contributed by atoms with van der Waals surface area (Å²) in [4.78, 5) is 0. The topological polar surface area (TPSA) is 30.5 Å². The van der Waals surface area contributed by atoms with Crippen LogP contribution in [0, 0.1) is 5.92 Å². The summed E-state index contributed by atoms with van der Waals surface area (Å²) >= 11 is 0. The highest BCUT2D eigenvalue weighted by Crippen LogP contribution is 2.42. The second-order valence-electron chi connectivity index (χ2n) is 6.00. The molecule has 100 valence electrons. The summed E-state index contributed by atoms with van der Waals surface area (Å²) in [6, 6.07) is 0.645. The smallest absolute Gasteiger partial charge is 0.0697 e. The van der Waals surface area contributed by atoms with E-state index in [0.717, 1.165) is 32.8 Å². The minimum Gasteiger partial charge on any atom is -0.380 e. The van der Waals surface area contributed by atoms with E-state index in [2.05, 4.69) is 19.2 Å². The van der Waals surface area contributed by atoms with Crippen LogP contribution in [0.2, 0.25) is 0 Å². The van der Waals surface area contributed by atoms with Crippen molar-refractivity contribution in [3.8, 4) is 0 Å². The summed E-state index contributed by atoms with van der Waals surface area (Å²) in [6.45, 7) is 8.00. The maximum Gasteiger partial charge on any atom is 0.0697 e. The van der Waals surface area contributed by atoms with Gasteiger partial charge in [0.05, 0.1) is 12.2 Å². The molecule has 1 spiro atoms. The maximum atomic E-state index is 5.92. The third kappa shape index (κ3) is 3.94. The first-order valence-corrected chi connectivity index (χ1v) is 7.15. The molecule has 2 aliphatic rings. The van der Waals surface area contributed by atoms with Gasteiger partial charge >= 0.3 is 0 Å². The molecule has 0 aromatic carbocycles. The molecule has 2 fully saturated rings. The maximum absolute atomic E-state index is 5.92. The Labute approximate surface area is 105 Å². The van der Waals surface area contributed by atoms with Gasteiger partial charge in [-0.15, -0.1) is 0 Å². The van der Waals surface area contributed by atoms with Crippen molar-refractivity contribution >= 4 is 0 Å². The van der Waals surface area contributed by atoms with Crippen molar-refractivity contribution in [3.63, 3.8) is 0 Å². The zero-order chi connectivity index (χ0) is 12.1. The highest BCUT2D eigenvalue weighted by molar-refractivity contribution is 4.95. The van der Waals surface area contributed by atoms with Gasteiger partial charge < -0.3 is 14.8 Å². The van der Waals surface area contributed by atoms with Crippen LogP contribution in [0.4, 0.5) is 0 Å². The van der Waals surface area contributed by atoms with Crippen molar-refractivity contribution in [1.29, 1.82) is 0 Å².